The fourth-order valence-corrected chi connectivity index (χ4v) is 3.71. The summed E-state index contributed by atoms with van der Waals surface area (Å²) >= 11 is 3.46. The number of nitrogens with one attached hydrogen (secondary N) is 1. The Hall–Kier alpha value is -2.92. The van der Waals surface area contributed by atoms with E-state index in [1.807, 2.05) is 48.5 Å². The molecule has 0 atom stereocenters. The van der Waals surface area contributed by atoms with Crippen LogP contribution in [0.5, 0.6) is 0 Å². The molecule has 30 heavy (non-hydrogen) atoms. The third-order valence-corrected chi connectivity index (χ3v) is 5.69. The number of aromatic nitrogens is 2. The predicted octanol–water partition coefficient (Wildman–Crippen LogP) is 5.91. The van der Waals surface area contributed by atoms with E-state index in [-0.39, 0.29) is 5.56 Å². The Morgan fingerprint density at radius 2 is 1.63 bits per heavy atom. The van der Waals surface area contributed by atoms with E-state index in [2.05, 4.69) is 52.5 Å². The molecule has 1 heterocycles. The smallest absolute Gasteiger partial charge is 0.280 e. The van der Waals surface area contributed by atoms with Gasteiger partial charge in [0.1, 0.15) is 0 Å². The third-order valence-electron chi connectivity index (χ3n) is 5.16. The standard InChI is InChI=1S/C25H24BrN3O/c1-2-3-6-18-9-13-20(14-10-18)24-28-23-8-5-4-7-22(23)25(30)29(24)27-17-19-11-15-21(26)16-12-19/h4-5,7-16,27H,2-3,6,17H2,1H3. The molecule has 0 aliphatic rings. The Bertz CT molecular complexity index is 1200. The molecule has 4 nitrogen and oxygen atoms in total. The minimum absolute atomic E-state index is 0.0947. The van der Waals surface area contributed by atoms with Crippen LogP contribution in [0.25, 0.3) is 22.3 Å². The van der Waals surface area contributed by atoms with Crippen molar-refractivity contribution in [2.45, 2.75) is 32.7 Å². The van der Waals surface area contributed by atoms with Crippen LogP contribution in [0.1, 0.15) is 30.9 Å². The van der Waals surface area contributed by atoms with Crippen LogP contribution in [0.3, 0.4) is 0 Å². The maximum absolute atomic E-state index is 13.3. The lowest BCUT2D eigenvalue weighted by Gasteiger charge is -2.16. The zero-order valence-corrected chi connectivity index (χ0v) is 18.5. The number of para-hydroxylation sites is 1. The molecule has 0 saturated carbocycles. The first kappa shape index (κ1) is 20.4. The summed E-state index contributed by atoms with van der Waals surface area (Å²) in [7, 11) is 0. The van der Waals surface area contributed by atoms with Crippen molar-refractivity contribution in [2.24, 2.45) is 0 Å². The molecule has 5 heteroatoms. The van der Waals surface area contributed by atoms with Crippen LogP contribution >= 0.6 is 15.9 Å². The van der Waals surface area contributed by atoms with Gasteiger partial charge in [0, 0.05) is 10.0 Å². The highest BCUT2D eigenvalue weighted by atomic mass is 79.9. The molecule has 4 aromatic rings. The number of aryl methyl sites for hydroxylation is 1. The molecule has 0 aliphatic carbocycles. The van der Waals surface area contributed by atoms with Crippen LogP contribution in [-0.4, -0.2) is 9.66 Å². The van der Waals surface area contributed by atoms with Crippen molar-refractivity contribution < 1.29 is 0 Å². The quantitative estimate of drug-likeness (QED) is 0.371. The number of hydrogen-bond acceptors (Lipinski definition) is 3. The molecule has 152 valence electrons. The molecular formula is C25H24BrN3O. The van der Waals surface area contributed by atoms with Crippen molar-refractivity contribution in [2.75, 3.05) is 5.43 Å². The molecule has 1 N–H and O–H groups in total. The average molecular weight is 462 g/mol. The van der Waals surface area contributed by atoms with Crippen molar-refractivity contribution in [3.05, 3.63) is 98.7 Å². The van der Waals surface area contributed by atoms with Gasteiger partial charge in [-0.2, -0.15) is 0 Å². The van der Waals surface area contributed by atoms with Crippen LogP contribution in [-0.2, 0) is 13.0 Å². The largest absolute Gasteiger partial charge is 0.317 e. The van der Waals surface area contributed by atoms with Crippen molar-refractivity contribution in [1.82, 2.24) is 9.66 Å². The Balaban J connectivity index is 1.74. The number of halogens is 1. The first-order valence-corrected chi connectivity index (χ1v) is 11.0. The summed E-state index contributed by atoms with van der Waals surface area (Å²) in [5.41, 5.74) is 7.20. The monoisotopic (exact) mass is 461 g/mol. The Morgan fingerprint density at radius 1 is 0.933 bits per heavy atom. The molecule has 0 amide bonds. The first-order valence-electron chi connectivity index (χ1n) is 10.2. The second kappa shape index (κ2) is 9.26. The summed E-state index contributed by atoms with van der Waals surface area (Å²) in [5, 5.41) is 0.601. The van der Waals surface area contributed by atoms with Gasteiger partial charge < -0.3 is 5.43 Å². The summed E-state index contributed by atoms with van der Waals surface area (Å²) in [6.07, 6.45) is 3.41. The summed E-state index contributed by atoms with van der Waals surface area (Å²) in [4.78, 5) is 18.1. The normalized spacial score (nSPS) is 11.0. The van der Waals surface area contributed by atoms with Crippen molar-refractivity contribution in [3.63, 3.8) is 0 Å². The van der Waals surface area contributed by atoms with E-state index >= 15 is 0 Å². The van der Waals surface area contributed by atoms with Gasteiger partial charge in [0.05, 0.1) is 17.4 Å². The fraction of sp³-hybridized carbons (Fsp3) is 0.200. The molecule has 0 bridgehead atoms. The van der Waals surface area contributed by atoms with Gasteiger partial charge in [-0.25, -0.2) is 9.66 Å². The van der Waals surface area contributed by atoms with Gasteiger partial charge in [0.25, 0.3) is 5.56 Å². The van der Waals surface area contributed by atoms with Crippen LogP contribution < -0.4 is 11.0 Å². The highest BCUT2D eigenvalue weighted by Gasteiger charge is 2.13. The van der Waals surface area contributed by atoms with E-state index in [9.17, 15) is 4.79 Å². The molecule has 4 rings (SSSR count). The lowest BCUT2D eigenvalue weighted by Crippen LogP contribution is -2.31. The first-order chi connectivity index (χ1) is 14.7. The summed E-state index contributed by atoms with van der Waals surface area (Å²) < 4.78 is 2.60. The molecule has 0 unspecified atom stereocenters. The topological polar surface area (TPSA) is 46.9 Å². The second-order valence-corrected chi connectivity index (χ2v) is 8.27. The molecule has 0 radical (unpaired) electrons. The van der Waals surface area contributed by atoms with E-state index in [0.717, 1.165) is 22.0 Å². The van der Waals surface area contributed by atoms with Crippen LogP contribution in [0.4, 0.5) is 0 Å². The lowest BCUT2D eigenvalue weighted by atomic mass is 10.1. The summed E-state index contributed by atoms with van der Waals surface area (Å²) in [6, 6.07) is 23.9. The van der Waals surface area contributed by atoms with Gasteiger partial charge >= 0.3 is 0 Å². The number of fused-ring (bicyclic) bond motifs is 1. The number of rotatable bonds is 7. The van der Waals surface area contributed by atoms with Gasteiger partial charge in [0.2, 0.25) is 0 Å². The van der Waals surface area contributed by atoms with Gasteiger partial charge in [-0.15, -0.1) is 0 Å². The van der Waals surface area contributed by atoms with Crippen molar-refractivity contribution >= 4 is 26.8 Å². The van der Waals surface area contributed by atoms with Gasteiger partial charge in [-0.1, -0.05) is 77.8 Å². The molecule has 1 aromatic heterocycles. The maximum Gasteiger partial charge on any atom is 0.280 e. The van der Waals surface area contributed by atoms with E-state index < -0.39 is 0 Å². The summed E-state index contributed by atoms with van der Waals surface area (Å²) in [5.74, 6) is 0.623. The number of hydrogen-bond donors (Lipinski definition) is 1. The number of nitrogens with zero attached hydrogens (tertiary/aromatic N) is 2. The molecule has 0 spiro atoms. The fourth-order valence-electron chi connectivity index (χ4n) is 3.45. The average Bonchev–Trinajstić information content (AvgIpc) is 2.78. The van der Waals surface area contributed by atoms with Crippen LogP contribution in [0.2, 0.25) is 0 Å². The highest BCUT2D eigenvalue weighted by molar-refractivity contribution is 9.10. The van der Waals surface area contributed by atoms with Crippen molar-refractivity contribution in [1.29, 1.82) is 0 Å². The van der Waals surface area contributed by atoms with Gasteiger partial charge in [0.15, 0.2) is 5.82 Å². The molecule has 0 fully saturated rings. The number of benzene rings is 3. The molecule has 3 aromatic carbocycles. The molecular weight excluding hydrogens is 438 g/mol. The lowest BCUT2D eigenvalue weighted by molar-refractivity contribution is 0.793. The zero-order chi connectivity index (χ0) is 20.9. The molecule has 0 saturated heterocycles. The summed E-state index contributed by atoms with van der Waals surface area (Å²) in [6.45, 7) is 2.72. The van der Waals surface area contributed by atoms with Crippen LogP contribution in [0.15, 0.2) is 82.1 Å². The number of unbranched alkanes of at least 4 members (excludes halogenated alkanes) is 1. The third kappa shape index (κ3) is 4.46. The van der Waals surface area contributed by atoms with Crippen LogP contribution in [0, 0.1) is 0 Å². The van der Waals surface area contributed by atoms with Gasteiger partial charge in [-0.3, -0.25) is 4.79 Å². The molecule has 0 aliphatic heterocycles. The minimum atomic E-state index is -0.0947. The minimum Gasteiger partial charge on any atom is -0.317 e. The highest BCUT2D eigenvalue weighted by Crippen LogP contribution is 2.20. The van der Waals surface area contributed by atoms with Crippen molar-refractivity contribution in [3.8, 4) is 11.4 Å². The predicted molar refractivity (Wildman–Crippen MR) is 127 cm³/mol. The van der Waals surface area contributed by atoms with E-state index in [4.69, 9.17) is 4.98 Å². The van der Waals surface area contributed by atoms with E-state index in [1.165, 1.54) is 18.4 Å². The van der Waals surface area contributed by atoms with E-state index in [1.54, 1.807) is 4.68 Å². The Morgan fingerprint density at radius 3 is 2.37 bits per heavy atom. The Kier molecular flexibility index (Phi) is 6.29. The SMILES string of the molecule is CCCCc1ccc(-c2nc3ccccc3c(=O)n2NCc2ccc(Br)cc2)cc1. The second-order valence-electron chi connectivity index (χ2n) is 7.35. The zero-order valence-electron chi connectivity index (χ0n) is 16.9. The van der Waals surface area contributed by atoms with E-state index in [0.29, 0.717) is 23.3 Å². The van der Waals surface area contributed by atoms with Gasteiger partial charge in [-0.05, 0) is 48.2 Å². The Labute approximate surface area is 184 Å². The maximum atomic E-state index is 13.3.